The molecule has 0 spiro atoms. The van der Waals surface area contributed by atoms with Crippen LogP contribution in [0.2, 0.25) is 5.02 Å². The van der Waals surface area contributed by atoms with Crippen molar-refractivity contribution in [2.75, 3.05) is 6.54 Å². The number of benzene rings is 2. The van der Waals surface area contributed by atoms with Crippen LogP contribution in [-0.4, -0.2) is 17.4 Å². The molecule has 2 aromatic heterocycles. The first-order valence-corrected chi connectivity index (χ1v) is 9.47. The van der Waals surface area contributed by atoms with E-state index in [9.17, 15) is 9.18 Å². The fourth-order valence-corrected chi connectivity index (χ4v) is 3.14. The van der Waals surface area contributed by atoms with Crippen molar-refractivity contribution >= 4 is 28.4 Å². The molecule has 0 aliphatic rings. The number of ether oxygens (including phenoxy) is 1. The molecule has 29 heavy (non-hydrogen) atoms. The fraction of sp³-hybridized carbons (Fsp3) is 0.136. The van der Waals surface area contributed by atoms with E-state index in [2.05, 4.69) is 10.3 Å². The van der Waals surface area contributed by atoms with Crippen molar-refractivity contribution in [2.24, 2.45) is 0 Å². The van der Waals surface area contributed by atoms with E-state index < -0.39 is 0 Å². The Morgan fingerprint density at radius 3 is 2.79 bits per heavy atom. The van der Waals surface area contributed by atoms with Crippen molar-refractivity contribution < 1.29 is 18.3 Å². The number of aromatic amines is 1. The zero-order valence-electron chi connectivity index (χ0n) is 15.4. The van der Waals surface area contributed by atoms with Gasteiger partial charge in [-0.05, 0) is 66.6 Å². The van der Waals surface area contributed by atoms with Crippen molar-refractivity contribution in [3.8, 4) is 5.75 Å². The highest BCUT2D eigenvalue weighted by atomic mass is 35.5. The third kappa shape index (κ3) is 4.60. The Labute approximate surface area is 171 Å². The summed E-state index contributed by atoms with van der Waals surface area (Å²) in [6.07, 6.45) is 2.40. The molecule has 7 heteroatoms. The van der Waals surface area contributed by atoms with Crippen LogP contribution in [0.1, 0.15) is 21.9 Å². The number of furan rings is 1. The lowest BCUT2D eigenvalue weighted by molar-refractivity contribution is 0.0922. The van der Waals surface area contributed by atoms with E-state index in [0.717, 1.165) is 16.5 Å². The van der Waals surface area contributed by atoms with Crippen LogP contribution in [0.25, 0.3) is 10.9 Å². The molecule has 0 bridgehead atoms. The van der Waals surface area contributed by atoms with Gasteiger partial charge in [0.2, 0.25) is 0 Å². The van der Waals surface area contributed by atoms with E-state index in [4.69, 9.17) is 20.8 Å². The molecule has 2 aromatic carbocycles. The topological polar surface area (TPSA) is 67.3 Å². The van der Waals surface area contributed by atoms with E-state index in [1.165, 1.54) is 12.1 Å². The van der Waals surface area contributed by atoms with Crippen LogP contribution in [0.3, 0.4) is 0 Å². The molecule has 1 amide bonds. The zero-order chi connectivity index (χ0) is 20.2. The maximum Gasteiger partial charge on any atom is 0.287 e. The predicted molar refractivity (Wildman–Crippen MR) is 109 cm³/mol. The smallest absolute Gasteiger partial charge is 0.287 e. The summed E-state index contributed by atoms with van der Waals surface area (Å²) in [6, 6.07) is 14.9. The monoisotopic (exact) mass is 412 g/mol. The third-order valence-corrected chi connectivity index (χ3v) is 4.74. The number of hydrogen-bond acceptors (Lipinski definition) is 3. The van der Waals surface area contributed by atoms with Gasteiger partial charge in [0.05, 0.1) is 0 Å². The minimum absolute atomic E-state index is 0.204. The quantitative estimate of drug-likeness (QED) is 0.443. The maximum atomic E-state index is 13.4. The van der Waals surface area contributed by atoms with Crippen molar-refractivity contribution in [3.63, 3.8) is 0 Å². The molecular formula is C22H18ClFN2O3. The Morgan fingerprint density at radius 2 is 1.97 bits per heavy atom. The number of nitrogens with one attached hydrogen (secondary N) is 2. The highest BCUT2D eigenvalue weighted by Crippen LogP contribution is 2.20. The number of rotatable bonds is 7. The molecular weight excluding hydrogens is 395 g/mol. The average molecular weight is 413 g/mol. The van der Waals surface area contributed by atoms with Crippen LogP contribution in [0, 0.1) is 5.82 Å². The molecule has 4 aromatic rings. The fourth-order valence-electron chi connectivity index (χ4n) is 3.02. The summed E-state index contributed by atoms with van der Waals surface area (Å²) in [5.41, 5.74) is 1.81. The maximum absolute atomic E-state index is 13.4. The summed E-state index contributed by atoms with van der Waals surface area (Å²) in [6.45, 7) is 0.607. The number of halogens is 2. The van der Waals surface area contributed by atoms with Crippen LogP contribution in [0.4, 0.5) is 4.39 Å². The first-order chi connectivity index (χ1) is 14.1. The summed E-state index contributed by atoms with van der Waals surface area (Å²) in [4.78, 5) is 15.4. The number of H-pyrrole nitrogens is 1. The van der Waals surface area contributed by atoms with E-state index in [1.807, 2.05) is 6.20 Å². The lowest BCUT2D eigenvalue weighted by Crippen LogP contribution is -2.25. The third-order valence-electron chi connectivity index (χ3n) is 4.49. The Bertz CT molecular complexity index is 1130. The van der Waals surface area contributed by atoms with Gasteiger partial charge in [-0.25, -0.2) is 4.39 Å². The molecule has 0 fully saturated rings. The van der Waals surface area contributed by atoms with Gasteiger partial charge in [0.1, 0.15) is 23.9 Å². The molecule has 2 N–H and O–H groups in total. The van der Waals surface area contributed by atoms with Gasteiger partial charge < -0.3 is 19.5 Å². The lowest BCUT2D eigenvalue weighted by Gasteiger charge is -2.04. The van der Waals surface area contributed by atoms with Crippen LogP contribution >= 0.6 is 11.6 Å². The molecule has 0 unspecified atom stereocenters. The van der Waals surface area contributed by atoms with Crippen molar-refractivity contribution in [1.82, 2.24) is 10.3 Å². The number of fused-ring (bicyclic) bond motifs is 1. The Morgan fingerprint density at radius 1 is 1.14 bits per heavy atom. The van der Waals surface area contributed by atoms with Gasteiger partial charge in [0, 0.05) is 28.7 Å². The summed E-state index contributed by atoms with van der Waals surface area (Å²) in [5, 5.41) is 4.26. The normalized spacial score (nSPS) is 11.0. The molecule has 5 nitrogen and oxygen atoms in total. The largest absolute Gasteiger partial charge is 0.486 e. The molecule has 0 radical (unpaired) electrons. The van der Waals surface area contributed by atoms with Crippen molar-refractivity contribution in [1.29, 1.82) is 0 Å². The predicted octanol–water partition coefficient (Wildman–Crippen LogP) is 5.10. The molecule has 4 rings (SSSR count). The minimum Gasteiger partial charge on any atom is -0.486 e. The van der Waals surface area contributed by atoms with Crippen molar-refractivity contribution in [3.05, 3.63) is 88.7 Å². The number of amides is 1. The molecule has 0 atom stereocenters. The molecule has 2 heterocycles. The van der Waals surface area contributed by atoms with Crippen LogP contribution in [-0.2, 0) is 13.0 Å². The van der Waals surface area contributed by atoms with E-state index >= 15 is 0 Å². The second-order valence-corrected chi connectivity index (χ2v) is 6.95. The van der Waals surface area contributed by atoms with Gasteiger partial charge >= 0.3 is 0 Å². The molecule has 0 aliphatic heterocycles. The van der Waals surface area contributed by atoms with Gasteiger partial charge in [-0.1, -0.05) is 11.6 Å². The van der Waals surface area contributed by atoms with Crippen LogP contribution in [0.5, 0.6) is 5.75 Å². The second-order valence-electron chi connectivity index (χ2n) is 6.52. The molecule has 0 saturated carbocycles. The zero-order valence-corrected chi connectivity index (χ0v) is 16.1. The summed E-state index contributed by atoms with van der Waals surface area (Å²) >= 11 is 5.84. The van der Waals surface area contributed by atoms with E-state index in [0.29, 0.717) is 29.5 Å². The Kier molecular flexibility index (Phi) is 5.53. The Hall–Kier alpha value is -3.25. The first-order valence-electron chi connectivity index (χ1n) is 9.09. The van der Waals surface area contributed by atoms with Crippen LogP contribution in [0.15, 0.2) is 65.2 Å². The highest BCUT2D eigenvalue weighted by Gasteiger charge is 2.12. The number of hydrogen-bond donors (Lipinski definition) is 2. The van der Waals surface area contributed by atoms with Crippen LogP contribution < -0.4 is 10.1 Å². The van der Waals surface area contributed by atoms with E-state index in [1.54, 1.807) is 42.5 Å². The highest BCUT2D eigenvalue weighted by molar-refractivity contribution is 6.30. The standard InChI is InChI=1S/C22H18ClFN2O3/c23-15-1-4-17(5-2-15)28-13-18-6-8-21(29-18)22(27)25-10-9-14-12-26-20-7-3-16(24)11-19(14)20/h1-8,11-12,26H,9-10,13H2,(H,25,27). The number of carbonyl (C=O) groups excluding carboxylic acids is 1. The van der Waals surface area contributed by atoms with Gasteiger partial charge in [-0.15, -0.1) is 0 Å². The molecule has 0 aliphatic carbocycles. The molecule has 0 saturated heterocycles. The van der Waals surface area contributed by atoms with Gasteiger partial charge in [0.25, 0.3) is 5.91 Å². The van der Waals surface area contributed by atoms with E-state index in [-0.39, 0.29) is 24.1 Å². The summed E-state index contributed by atoms with van der Waals surface area (Å²) in [5.74, 6) is 0.814. The minimum atomic E-state index is -0.311. The average Bonchev–Trinajstić information content (AvgIpc) is 3.35. The second kappa shape index (κ2) is 8.41. The van der Waals surface area contributed by atoms with Crippen molar-refractivity contribution in [2.45, 2.75) is 13.0 Å². The summed E-state index contributed by atoms with van der Waals surface area (Å²) < 4.78 is 24.6. The van der Waals surface area contributed by atoms with Gasteiger partial charge in [0.15, 0.2) is 5.76 Å². The Balaban J connectivity index is 1.29. The lowest BCUT2D eigenvalue weighted by atomic mass is 10.1. The van der Waals surface area contributed by atoms with Gasteiger partial charge in [-0.3, -0.25) is 4.79 Å². The first kappa shape index (κ1) is 19.1. The number of aromatic nitrogens is 1. The SMILES string of the molecule is O=C(NCCc1c[nH]c2ccc(F)cc12)c1ccc(COc2ccc(Cl)cc2)o1. The van der Waals surface area contributed by atoms with Gasteiger partial charge in [-0.2, -0.15) is 0 Å². The summed E-state index contributed by atoms with van der Waals surface area (Å²) in [7, 11) is 0. The number of carbonyl (C=O) groups is 1. The molecule has 148 valence electrons.